The number of unbranched alkanes of at least 4 members (excludes halogenated alkanes) is 2. The van der Waals surface area contributed by atoms with Crippen LogP contribution in [0.15, 0.2) is 24.3 Å². The molecule has 82 valence electrons. The first-order valence-corrected chi connectivity index (χ1v) is 5.96. The zero-order valence-electron chi connectivity index (χ0n) is 9.20. The van der Waals surface area contributed by atoms with Crippen molar-refractivity contribution in [2.24, 2.45) is 0 Å². The van der Waals surface area contributed by atoms with Gasteiger partial charge in [0.2, 0.25) is 0 Å². The second-order valence-corrected chi connectivity index (χ2v) is 4.34. The molecule has 0 unspecified atom stereocenters. The number of rotatable bonds is 6. The standard InChI is InChI=1S/C13H18OS/c1-2-3-4-5-11-6-8-12(9-7-11)10-13(14)15/h6-9H,2-5,10H2,1H3,(H,14,15). The summed E-state index contributed by atoms with van der Waals surface area (Å²) in [6.07, 6.45) is 5.37. The van der Waals surface area contributed by atoms with Gasteiger partial charge < -0.3 is 0 Å². The third-order valence-electron chi connectivity index (χ3n) is 2.45. The van der Waals surface area contributed by atoms with Crippen molar-refractivity contribution in [3.63, 3.8) is 0 Å². The van der Waals surface area contributed by atoms with Gasteiger partial charge in [0, 0.05) is 6.42 Å². The van der Waals surface area contributed by atoms with Gasteiger partial charge >= 0.3 is 0 Å². The van der Waals surface area contributed by atoms with Gasteiger partial charge in [-0.15, -0.1) is 12.6 Å². The average molecular weight is 222 g/mol. The molecule has 1 aromatic rings. The molecular formula is C13H18OS. The van der Waals surface area contributed by atoms with Crippen LogP contribution in [0, 0.1) is 0 Å². The van der Waals surface area contributed by atoms with Crippen molar-refractivity contribution >= 4 is 17.7 Å². The molecule has 0 aliphatic rings. The fourth-order valence-corrected chi connectivity index (χ4v) is 1.76. The molecule has 0 bridgehead atoms. The first kappa shape index (κ1) is 12.3. The molecule has 1 rings (SSSR count). The van der Waals surface area contributed by atoms with E-state index in [2.05, 4.69) is 31.7 Å². The van der Waals surface area contributed by atoms with Crippen LogP contribution in [0.2, 0.25) is 0 Å². The fourth-order valence-electron chi connectivity index (χ4n) is 1.58. The number of benzene rings is 1. The van der Waals surface area contributed by atoms with Gasteiger partial charge in [0.25, 0.3) is 0 Å². The van der Waals surface area contributed by atoms with Crippen molar-refractivity contribution in [2.75, 3.05) is 0 Å². The first-order valence-electron chi connectivity index (χ1n) is 5.52. The van der Waals surface area contributed by atoms with E-state index in [0.29, 0.717) is 6.42 Å². The highest BCUT2D eigenvalue weighted by Gasteiger charge is 1.98. The Balaban J connectivity index is 2.45. The number of carbonyl (C=O) groups excluding carboxylic acids is 1. The largest absolute Gasteiger partial charge is 0.287 e. The van der Waals surface area contributed by atoms with E-state index in [1.807, 2.05) is 12.1 Å². The maximum Gasteiger partial charge on any atom is 0.190 e. The van der Waals surface area contributed by atoms with Crippen LogP contribution < -0.4 is 0 Å². The SMILES string of the molecule is CCCCCc1ccc(CC(=O)S)cc1. The molecule has 0 spiro atoms. The lowest BCUT2D eigenvalue weighted by molar-refractivity contribution is -0.110. The number of thiol groups is 1. The number of carbonyl (C=O) groups is 1. The summed E-state index contributed by atoms with van der Waals surface area (Å²) in [5, 5.41) is -0.0752. The van der Waals surface area contributed by atoms with E-state index in [0.717, 1.165) is 12.0 Å². The minimum Gasteiger partial charge on any atom is -0.287 e. The lowest BCUT2D eigenvalue weighted by atomic mass is 10.0. The summed E-state index contributed by atoms with van der Waals surface area (Å²) >= 11 is 3.77. The molecule has 0 saturated heterocycles. The minimum absolute atomic E-state index is 0.0752. The molecule has 0 fully saturated rings. The molecule has 15 heavy (non-hydrogen) atoms. The highest BCUT2D eigenvalue weighted by atomic mass is 32.1. The van der Waals surface area contributed by atoms with E-state index in [4.69, 9.17) is 0 Å². The normalized spacial score (nSPS) is 10.3. The number of hydrogen-bond donors (Lipinski definition) is 1. The maximum atomic E-state index is 10.8. The summed E-state index contributed by atoms with van der Waals surface area (Å²) in [5.41, 5.74) is 2.41. The molecule has 0 radical (unpaired) electrons. The van der Waals surface area contributed by atoms with Gasteiger partial charge in [-0.3, -0.25) is 4.79 Å². The molecule has 0 aliphatic heterocycles. The van der Waals surface area contributed by atoms with Gasteiger partial charge in [0.15, 0.2) is 5.12 Å². The first-order chi connectivity index (χ1) is 7.22. The minimum atomic E-state index is -0.0752. The smallest absolute Gasteiger partial charge is 0.190 e. The Morgan fingerprint density at radius 2 is 1.73 bits per heavy atom. The molecule has 1 aromatic carbocycles. The van der Waals surface area contributed by atoms with E-state index in [-0.39, 0.29) is 5.12 Å². The number of hydrogen-bond acceptors (Lipinski definition) is 1. The summed E-state index contributed by atoms with van der Waals surface area (Å²) < 4.78 is 0. The molecule has 0 N–H and O–H groups in total. The van der Waals surface area contributed by atoms with E-state index in [9.17, 15) is 4.79 Å². The van der Waals surface area contributed by atoms with Crippen molar-refractivity contribution in [3.8, 4) is 0 Å². The van der Waals surface area contributed by atoms with Gasteiger partial charge in [-0.1, -0.05) is 44.0 Å². The molecule has 0 aromatic heterocycles. The molecule has 0 atom stereocenters. The van der Waals surface area contributed by atoms with Crippen LogP contribution in [0.3, 0.4) is 0 Å². The summed E-state index contributed by atoms with van der Waals surface area (Å²) in [7, 11) is 0. The Morgan fingerprint density at radius 1 is 1.13 bits per heavy atom. The van der Waals surface area contributed by atoms with Crippen LogP contribution in [0.5, 0.6) is 0 Å². The zero-order valence-corrected chi connectivity index (χ0v) is 10.1. The van der Waals surface area contributed by atoms with E-state index in [1.54, 1.807) is 0 Å². The van der Waals surface area contributed by atoms with Crippen LogP contribution in [0.4, 0.5) is 0 Å². The van der Waals surface area contributed by atoms with Gasteiger partial charge in [-0.2, -0.15) is 0 Å². The Hall–Kier alpha value is -0.760. The summed E-state index contributed by atoms with van der Waals surface area (Å²) in [6.45, 7) is 2.21. The van der Waals surface area contributed by atoms with Gasteiger partial charge in [-0.25, -0.2) is 0 Å². The summed E-state index contributed by atoms with van der Waals surface area (Å²) in [5.74, 6) is 0. The van der Waals surface area contributed by atoms with E-state index >= 15 is 0 Å². The summed E-state index contributed by atoms with van der Waals surface area (Å²) in [4.78, 5) is 10.8. The van der Waals surface area contributed by atoms with Crippen molar-refractivity contribution < 1.29 is 4.79 Å². The highest BCUT2D eigenvalue weighted by molar-refractivity contribution is 7.96. The lowest BCUT2D eigenvalue weighted by Gasteiger charge is -2.02. The van der Waals surface area contributed by atoms with E-state index in [1.165, 1.54) is 24.8 Å². The predicted molar refractivity (Wildman–Crippen MR) is 67.4 cm³/mol. The fraction of sp³-hybridized carbons (Fsp3) is 0.462. The maximum absolute atomic E-state index is 10.8. The summed E-state index contributed by atoms with van der Waals surface area (Å²) in [6, 6.07) is 8.27. The lowest BCUT2D eigenvalue weighted by Crippen LogP contribution is -1.94. The van der Waals surface area contributed by atoms with Crippen LogP contribution in [-0.4, -0.2) is 5.12 Å². The Morgan fingerprint density at radius 3 is 2.27 bits per heavy atom. The van der Waals surface area contributed by atoms with Crippen molar-refractivity contribution in [1.82, 2.24) is 0 Å². The van der Waals surface area contributed by atoms with Crippen molar-refractivity contribution in [3.05, 3.63) is 35.4 Å². The monoisotopic (exact) mass is 222 g/mol. The Labute approximate surface area is 97.3 Å². The Bertz CT molecular complexity index is 303. The molecule has 0 saturated carbocycles. The van der Waals surface area contributed by atoms with Crippen LogP contribution >= 0.6 is 12.6 Å². The molecule has 1 nitrogen and oxygen atoms in total. The third kappa shape index (κ3) is 5.03. The molecule has 0 aliphatic carbocycles. The average Bonchev–Trinajstić information content (AvgIpc) is 2.20. The van der Waals surface area contributed by atoms with Gasteiger partial charge in [-0.05, 0) is 24.0 Å². The Kier molecular flexibility index (Phi) is 5.48. The molecule has 0 heterocycles. The third-order valence-corrected chi connectivity index (χ3v) is 2.61. The second-order valence-electron chi connectivity index (χ2n) is 3.84. The van der Waals surface area contributed by atoms with Crippen molar-refractivity contribution in [2.45, 2.75) is 39.0 Å². The highest BCUT2D eigenvalue weighted by Crippen LogP contribution is 2.09. The molecule has 0 amide bonds. The zero-order chi connectivity index (χ0) is 11.1. The molecular weight excluding hydrogens is 204 g/mol. The second kappa shape index (κ2) is 6.67. The van der Waals surface area contributed by atoms with Crippen LogP contribution in [-0.2, 0) is 17.6 Å². The van der Waals surface area contributed by atoms with Crippen LogP contribution in [0.1, 0.15) is 37.3 Å². The number of aryl methyl sites for hydroxylation is 1. The quantitative estimate of drug-likeness (QED) is 0.576. The predicted octanol–water partition coefficient (Wildman–Crippen LogP) is 3.42. The van der Waals surface area contributed by atoms with Crippen LogP contribution in [0.25, 0.3) is 0 Å². The van der Waals surface area contributed by atoms with Gasteiger partial charge in [0.1, 0.15) is 0 Å². The topological polar surface area (TPSA) is 17.1 Å². The van der Waals surface area contributed by atoms with Crippen molar-refractivity contribution in [1.29, 1.82) is 0 Å². The van der Waals surface area contributed by atoms with E-state index < -0.39 is 0 Å². The van der Waals surface area contributed by atoms with Gasteiger partial charge in [0.05, 0.1) is 0 Å². The molecule has 2 heteroatoms.